The molecule has 1 aliphatic heterocycles. The first-order valence-electron chi connectivity index (χ1n) is 7.04. The summed E-state index contributed by atoms with van der Waals surface area (Å²) in [6.07, 6.45) is 1.84. The lowest BCUT2D eigenvalue weighted by molar-refractivity contribution is 0.646. The fraction of sp³-hybridized carbons (Fsp3) is 0.312. The van der Waals surface area contributed by atoms with E-state index in [9.17, 15) is 0 Å². The van der Waals surface area contributed by atoms with Crippen molar-refractivity contribution in [3.8, 4) is 0 Å². The molecule has 0 spiro atoms. The Kier molecular flexibility index (Phi) is 4.51. The Hall–Kier alpha value is -1.45. The van der Waals surface area contributed by atoms with Crippen LogP contribution < -0.4 is 9.80 Å². The summed E-state index contributed by atoms with van der Waals surface area (Å²) in [5.74, 6) is 1.48. The lowest BCUT2D eigenvalue weighted by Gasteiger charge is -2.37. The number of aromatic nitrogens is 1. The number of pyridine rings is 1. The van der Waals surface area contributed by atoms with Gasteiger partial charge in [0.1, 0.15) is 5.82 Å². The zero-order valence-electron chi connectivity index (χ0n) is 11.7. The van der Waals surface area contributed by atoms with E-state index >= 15 is 0 Å². The minimum absolute atomic E-state index is 0.440. The van der Waals surface area contributed by atoms with Crippen molar-refractivity contribution in [2.45, 2.75) is 5.88 Å². The van der Waals surface area contributed by atoms with Gasteiger partial charge < -0.3 is 9.80 Å². The highest BCUT2D eigenvalue weighted by Crippen LogP contribution is 2.30. The molecule has 0 aliphatic carbocycles. The van der Waals surface area contributed by atoms with Gasteiger partial charge in [-0.1, -0.05) is 23.7 Å². The van der Waals surface area contributed by atoms with E-state index in [1.165, 1.54) is 0 Å². The van der Waals surface area contributed by atoms with Gasteiger partial charge in [0.25, 0.3) is 0 Å². The first kappa shape index (κ1) is 14.5. The minimum Gasteiger partial charge on any atom is -0.368 e. The molecule has 1 aromatic heterocycles. The Labute approximate surface area is 135 Å². The van der Waals surface area contributed by atoms with E-state index in [0.717, 1.165) is 48.3 Å². The van der Waals surface area contributed by atoms with Crippen molar-refractivity contribution < 1.29 is 0 Å². The van der Waals surface area contributed by atoms with Crippen LogP contribution in [0.3, 0.4) is 0 Å². The predicted molar refractivity (Wildman–Crippen MR) is 89.7 cm³/mol. The Bertz CT molecular complexity index is 596. The highest BCUT2D eigenvalue weighted by atomic mass is 35.5. The molecule has 0 amide bonds. The summed E-state index contributed by atoms with van der Waals surface area (Å²) in [6.45, 7) is 3.79. The molecule has 0 bridgehead atoms. The van der Waals surface area contributed by atoms with Crippen molar-refractivity contribution in [2.24, 2.45) is 0 Å². The fourth-order valence-electron chi connectivity index (χ4n) is 2.69. The molecule has 110 valence electrons. The number of alkyl halides is 1. The summed E-state index contributed by atoms with van der Waals surface area (Å²) < 4.78 is 0. The maximum Gasteiger partial charge on any atom is 0.128 e. The Morgan fingerprint density at radius 1 is 0.952 bits per heavy atom. The molecule has 0 N–H and O–H groups in total. The second kappa shape index (κ2) is 6.54. The molecular formula is C16H17Cl2N3. The number of nitrogens with zero attached hydrogens (tertiary/aromatic N) is 3. The van der Waals surface area contributed by atoms with Gasteiger partial charge >= 0.3 is 0 Å². The fourth-order valence-corrected chi connectivity index (χ4v) is 3.28. The zero-order valence-corrected chi connectivity index (χ0v) is 13.2. The molecule has 1 saturated heterocycles. The van der Waals surface area contributed by atoms with Gasteiger partial charge in [-0.2, -0.15) is 0 Å². The average molecular weight is 322 g/mol. The first-order valence-corrected chi connectivity index (χ1v) is 7.95. The van der Waals surface area contributed by atoms with Crippen molar-refractivity contribution in [2.75, 3.05) is 36.0 Å². The van der Waals surface area contributed by atoms with E-state index in [-0.39, 0.29) is 0 Å². The van der Waals surface area contributed by atoms with Crippen molar-refractivity contribution >= 4 is 34.7 Å². The number of rotatable bonds is 3. The molecule has 5 heteroatoms. The molecule has 1 fully saturated rings. The van der Waals surface area contributed by atoms with E-state index in [4.69, 9.17) is 23.2 Å². The standard InChI is InChI=1S/C16H17Cl2N3/c17-12-13-14(18)4-3-5-15(13)20-8-10-21(11-9-20)16-6-1-2-7-19-16/h1-7H,8-12H2. The lowest BCUT2D eigenvalue weighted by atomic mass is 10.1. The SMILES string of the molecule is ClCc1c(Cl)cccc1N1CCN(c2ccccn2)CC1. The van der Waals surface area contributed by atoms with Gasteiger partial charge in [-0.25, -0.2) is 4.98 Å². The third-order valence-corrected chi connectivity index (χ3v) is 4.44. The normalized spacial score (nSPS) is 15.3. The van der Waals surface area contributed by atoms with E-state index < -0.39 is 0 Å². The monoisotopic (exact) mass is 321 g/mol. The van der Waals surface area contributed by atoms with E-state index in [2.05, 4.69) is 26.9 Å². The molecule has 0 unspecified atom stereocenters. The van der Waals surface area contributed by atoms with Crippen molar-refractivity contribution in [3.63, 3.8) is 0 Å². The van der Waals surface area contributed by atoms with Gasteiger partial charge in [0.05, 0.1) is 5.88 Å². The van der Waals surface area contributed by atoms with Crippen LogP contribution >= 0.6 is 23.2 Å². The van der Waals surface area contributed by atoms with Gasteiger partial charge in [0, 0.05) is 48.6 Å². The number of piperazine rings is 1. The smallest absolute Gasteiger partial charge is 0.128 e. The van der Waals surface area contributed by atoms with Crippen LogP contribution in [0.2, 0.25) is 5.02 Å². The molecule has 3 nitrogen and oxygen atoms in total. The van der Waals surface area contributed by atoms with Gasteiger partial charge in [-0.15, -0.1) is 11.6 Å². The van der Waals surface area contributed by atoms with Crippen LogP contribution in [0.1, 0.15) is 5.56 Å². The van der Waals surface area contributed by atoms with Crippen LogP contribution in [0.5, 0.6) is 0 Å². The Morgan fingerprint density at radius 2 is 1.71 bits per heavy atom. The number of halogens is 2. The van der Waals surface area contributed by atoms with E-state index in [0.29, 0.717) is 5.88 Å². The van der Waals surface area contributed by atoms with Gasteiger partial charge in [-0.3, -0.25) is 0 Å². The van der Waals surface area contributed by atoms with Gasteiger partial charge in [0.2, 0.25) is 0 Å². The highest BCUT2D eigenvalue weighted by Gasteiger charge is 2.20. The van der Waals surface area contributed by atoms with Crippen LogP contribution in [0.25, 0.3) is 0 Å². The molecule has 21 heavy (non-hydrogen) atoms. The third-order valence-electron chi connectivity index (χ3n) is 3.82. The molecule has 0 atom stereocenters. The molecule has 1 aromatic carbocycles. The number of hydrogen-bond acceptors (Lipinski definition) is 3. The number of anilines is 2. The molecule has 2 heterocycles. The lowest BCUT2D eigenvalue weighted by Crippen LogP contribution is -2.47. The second-order valence-corrected chi connectivity index (χ2v) is 5.71. The van der Waals surface area contributed by atoms with Gasteiger partial charge in [-0.05, 0) is 24.3 Å². The molecule has 0 saturated carbocycles. The Morgan fingerprint density at radius 3 is 2.38 bits per heavy atom. The van der Waals surface area contributed by atoms with Crippen LogP contribution in [-0.4, -0.2) is 31.2 Å². The van der Waals surface area contributed by atoms with Crippen LogP contribution in [0.4, 0.5) is 11.5 Å². The minimum atomic E-state index is 0.440. The molecule has 2 aromatic rings. The summed E-state index contributed by atoms with van der Waals surface area (Å²) in [6, 6.07) is 12.0. The molecule has 1 aliphatic rings. The Balaban J connectivity index is 1.73. The second-order valence-electron chi connectivity index (χ2n) is 5.03. The molecular weight excluding hydrogens is 305 g/mol. The number of benzene rings is 1. The van der Waals surface area contributed by atoms with Crippen molar-refractivity contribution in [1.82, 2.24) is 4.98 Å². The van der Waals surface area contributed by atoms with Crippen molar-refractivity contribution in [3.05, 3.63) is 53.2 Å². The first-order chi connectivity index (χ1) is 10.3. The van der Waals surface area contributed by atoms with Crippen LogP contribution in [0.15, 0.2) is 42.6 Å². The summed E-state index contributed by atoms with van der Waals surface area (Å²) in [4.78, 5) is 9.07. The molecule has 3 rings (SSSR count). The van der Waals surface area contributed by atoms with Crippen LogP contribution in [-0.2, 0) is 5.88 Å². The maximum absolute atomic E-state index is 6.24. The van der Waals surface area contributed by atoms with E-state index in [1.807, 2.05) is 30.5 Å². The largest absolute Gasteiger partial charge is 0.368 e. The third kappa shape index (κ3) is 3.09. The van der Waals surface area contributed by atoms with Crippen molar-refractivity contribution in [1.29, 1.82) is 0 Å². The summed E-state index contributed by atoms with van der Waals surface area (Å²) in [5, 5.41) is 0.745. The quantitative estimate of drug-likeness (QED) is 0.801. The molecule has 0 radical (unpaired) electrons. The predicted octanol–water partition coefficient (Wildman–Crippen LogP) is 3.80. The average Bonchev–Trinajstić information content (AvgIpc) is 2.55. The zero-order chi connectivity index (χ0) is 14.7. The topological polar surface area (TPSA) is 19.4 Å². The highest BCUT2D eigenvalue weighted by molar-refractivity contribution is 6.32. The van der Waals surface area contributed by atoms with E-state index in [1.54, 1.807) is 0 Å². The van der Waals surface area contributed by atoms with Gasteiger partial charge in [0.15, 0.2) is 0 Å². The van der Waals surface area contributed by atoms with Crippen LogP contribution in [0, 0.1) is 0 Å². The summed E-state index contributed by atoms with van der Waals surface area (Å²) in [5.41, 5.74) is 2.17. The number of hydrogen-bond donors (Lipinski definition) is 0. The maximum atomic E-state index is 6.24. The summed E-state index contributed by atoms with van der Waals surface area (Å²) >= 11 is 12.3. The summed E-state index contributed by atoms with van der Waals surface area (Å²) in [7, 11) is 0.